The Bertz CT molecular complexity index is 1050. The van der Waals surface area contributed by atoms with E-state index in [9.17, 15) is 9.59 Å². The zero-order chi connectivity index (χ0) is 21.1. The van der Waals surface area contributed by atoms with E-state index < -0.39 is 0 Å². The van der Waals surface area contributed by atoms with E-state index in [-0.39, 0.29) is 17.9 Å². The van der Waals surface area contributed by atoms with Crippen molar-refractivity contribution in [3.8, 4) is 0 Å². The average molecular weight is 425 g/mol. The van der Waals surface area contributed by atoms with Crippen LogP contribution in [0.3, 0.4) is 0 Å². The number of carbonyl (C=O) groups is 2. The maximum Gasteiger partial charge on any atom is 0.258 e. The molecule has 1 N–H and O–H groups in total. The van der Waals surface area contributed by atoms with Crippen LogP contribution in [-0.4, -0.2) is 46.4 Å². The molecule has 0 aliphatic carbocycles. The second-order valence-corrected chi connectivity index (χ2v) is 8.59. The van der Waals surface area contributed by atoms with Crippen molar-refractivity contribution in [2.75, 3.05) is 25.0 Å². The van der Waals surface area contributed by atoms with Gasteiger partial charge in [0, 0.05) is 29.9 Å². The fraction of sp³-hybridized carbons (Fsp3) is 0.364. The monoisotopic (exact) mass is 424 g/mol. The molecule has 2 aromatic heterocycles. The lowest BCUT2D eigenvalue weighted by molar-refractivity contribution is -0.139. The number of benzene rings is 1. The zero-order valence-electron chi connectivity index (χ0n) is 17.0. The molecule has 0 radical (unpaired) electrons. The molecule has 1 atom stereocenters. The molecule has 1 aliphatic rings. The predicted molar refractivity (Wildman–Crippen MR) is 117 cm³/mol. The van der Waals surface area contributed by atoms with Crippen LogP contribution in [0.25, 0.3) is 10.9 Å². The molecule has 156 valence electrons. The van der Waals surface area contributed by atoms with Gasteiger partial charge in [-0.1, -0.05) is 32.0 Å². The van der Waals surface area contributed by atoms with Crippen LogP contribution in [0.15, 0.2) is 41.9 Å². The first-order chi connectivity index (χ1) is 14.5. The molecule has 1 saturated heterocycles. The molecular weight excluding hydrogens is 400 g/mol. The van der Waals surface area contributed by atoms with E-state index in [2.05, 4.69) is 10.3 Å². The Hall–Kier alpha value is -2.84. The summed E-state index contributed by atoms with van der Waals surface area (Å²) in [6, 6.07) is 9.30. The molecule has 7 nitrogen and oxygen atoms in total. The van der Waals surface area contributed by atoms with Gasteiger partial charge in [0.05, 0.1) is 29.9 Å². The first-order valence-electron chi connectivity index (χ1n) is 10.0. The van der Waals surface area contributed by atoms with E-state index >= 15 is 0 Å². The second-order valence-electron chi connectivity index (χ2n) is 7.70. The predicted octanol–water partition coefficient (Wildman–Crippen LogP) is 3.89. The third-order valence-corrected chi connectivity index (χ3v) is 5.65. The highest BCUT2D eigenvalue weighted by atomic mass is 32.1. The van der Waals surface area contributed by atoms with E-state index in [1.165, 1.54) is 11.3 Å². The number of nitrogens with zero attached hydrogens (tertiary/aromatic N) is 3. The fourth-order valence-electron chi connectivity index (χ4n) is 3.53. The molecule has 30 heavy (non-hydrogen) atoms. The SMILES string of the molecule is CC(C)CC(=O)N1CCO[C@H](c2cc(C(=O)Nc3nccs3)c3ccccc3n2)C1. The van der Waals surface area contributed by atoms with Crippen LogP contribution in [0.2, 0.25) is 0 Å². The Kier molecular flexibility index (Phi) is 6.06. The minimum atomic E-state index is -0.370. The number of morpholine rings is 1. The van der Waals surface area contributed by atoms with Crippen LogP contribution in [0.1, 0.15) is 42.4 Å². The highest BCUT2D eigenvalue weighted by Crippen LogP contribution is 2.27. The summed E-state index contributed by atoms with van der Waals surface area (Å²) in [5.74, 6) is 0.188. The van der Waals surface area contributed by atoms with Gasteiger partial charge in [-0.05, 0) is 18.1 Å². The van der Waals surface area contributed by atoms with Gasteiger partial charge in [0.1, 0.15) is 6.10 Å². The normalized spacial score (nSPS) is 16.8. The molecule has 8 heteroatoms. The van der Waals surface area contributed by atoms with E-state index in [0.717, 1.165) is 5.39 Å². The summed E-state index contributed by atoms with van der Waals surface area (Å²) >= 11 is 1.36. The van der Waals surface area contributed by atoms with E-state index in [1.54, 1.807) is 12.3 Å². The van der Waals surface area contributed by atoms with Crippen LogP contribution >= 0.6 is 11.3 Å². The molecule has 0 bridgehead atoms. The van der Waals surface area contributed by atoms with Crippen molar-refractivity contribution in [2.24, 2.45) is 5.92 Å². The van der Waals surface area contributed by atoms with Gasteiger partial charge in [-0.25, -0.2) is 9.97 Å². The maximum atomic E-state index is 13.0. The average Bonchev–Trinajstić information content (AvgIpc) is 3.25. The number of fused-ring (bicyclic) bond motifs is 1. The van der Waals surface area contributed by atoms with E-state index in [4.69, 9.17) is 9.72 Å². The van der Waals surface area contributed by atoms with Crippen molar-refractivity contribution in [1.29, 1.82) is 0 Å². The number of rotatable bonds is 5. The van der Waals surface area contributed by atoms with Crippen molar-refractivity contribution in [3.63, 3.8) is 0 Å². The Morgan fingerprint density at radius 3 is 2.93 bits per heavy atom. The van der Waals surface area contributed by atoms with Crippen molar-refractivity contribution in [1.82, 2.24) is 14.9 Å². The molecule has 1 aliphatic heterocycles. The number of nitrogens with one attached hydrogen (secondary N) is 1. The summed E-state index contributed by atoms with van der Waals surface area (Å²) in [6.07, 6.45) is 1.79. The smallest absolute Gasteiger partial charge is 0.258 e. The van der Waals surface area contributed by atoms with Crippen LogP contribution in [0.4, 0.5) is 5.13 Å². The van der Waals surface area contributed by atoms with Gasteiger partial charge in [-0.2, -0.15) is 0 Å². The van der Waals surface area contributed by atoms with Crippen LogP contribution in [0, 0.1) is 5.92 Å². The molecule has 3 heterocycles. The number of hydrogen-bond acceptors (Lipinski definition) is 6. The van der Waals surface area contributed by atoms with Gasteiger partial charge in [-0.15, -0.1) is 11.3 Å². The van der Waals surface area contributed by atoms with Crippen molar-refractivity contribution < 1.29 is 14.3 Å². The van der Waals surface area contributed by atoms with Gasteiger partial charge in [-0.3, -0.25) is 14.9 Å². The molecule has 0 spiro atoms. The Labute approximate surface area is 179 Å². The number of aromatic nitrogens is 2. The number of ether oxygens (including phenoxy) is 1. The third-order valence-electron chi connectivity index (χ3n) is 4.97. The maximum absolute atomic E-state index is 13.0. The number of anilines is 1. The molecule has 1 fully saturated rings. The molecule has 3 aromatic rings. The molecular formula is C22H24N4O3S. The highest BCUT2D eigenvalue weighted by molar-refractivity contribution is 7.13. The standard InChI is InChI=1S/C22H24N4O3S/c1-14(2)11-20(27)26-8-9-29-19(13-26)18-12-16(15-5-3-4-6-17(15)24-18)21(28)25-22-23-7-10-30-22/h3-7,10,12,14,19H,8-9,11,13H2,1-2H3,(H,23,25,28)/t19-/m0/s1. The van der Waals surface area contributed by atoms with E-state index in [0.29, 0.717) is 53.9 Å². The second kappa shape index (κ2) is 8.89. The quantitative estimate of drug-likeness (QED) is 0.672. The Morgan fingerprint density at radius 2 is 2.17 bits per heavy atom. The van der Waals surface area contributed by atoms with Gasteiger partial charge in [0.25, 0.3) is 5.91 Å². The van der Waals surface area contributed by atoms with Crippen LogP contribution < -0.4 is 5.32 Å². The number of para-hydroxylation sites is 1. The minimum Gasteiger partial charge on any atom is -0.368 e. The molecule has 4 rings (SSSR count). The van der Waals surface area contributed by atoms with Crippen molar-refractivity contribution in [2.45, 2.75) is 26.4 Å². The fourth-order valence-corrected chi connectivity index (χ4v) is 4.06. The Balaban J connectivity index is 1.64. The van der Waals surface area contributed by atoms with Crippen LogP contribution in [0.5, 0.6) is 0 Å². The lowest BCUT2D eigenvalue weighted by Gasteiger charge is -2.33. The number of amides is 2. The third kappa shape index (κ3) is 4.49. The molecule has 0 unspecified atom stereocenters. The molecule has 0 saturated carbocycles. The van der Waals surface area contributed by atoms with E-state index in [1.807, 2.05) is 48.4 Å². The first-order valence-corrected chi connectivity index (χ1v) is 10.9. The lowest BCUT2D eigenvalue weighted by Crippen LogP contribution is -2.42. The van der Waals surface area contributed by atoms with Gasteiger partial charge < -0.3 is 9.64 Å². The summed E-state index contributed by atoms with van der Waals surface area (Å²) in [4.78, 5) is 36.2. The summed E-state index contributed by atoms with van der Waals surface area (Å²) in [6.45, 7) is 5.53. The van der Waals surface area contributed by atoms with Crippen molar-refractivity contribution >= 4 is 39.2 Å². The topological polar surface area (TPSA) is 84.4 Å². The number of pyridine rings is 1. The number of carbonyl (C=O) groups excluding carboxylic acids is 2. The van der Waals surface area contributed by atoms with Gasteiger partial charge >= 0.3 is 0 Å². The van der Waals surface area contributed by atoms with Crippen molar-refractivity contribution in [3.05, 3.63) is 53.2 Å². The molecule has 1 aromatic carbocycles. The largest absolute Gasteiger partial charge is 0.368 e. The summed E-state index contributed by atoms with van der Waals surface area (Å²) in [5.41, 5.74) is 1.88. The zero-order valence-corrected chi connectivity index (χ0v) is 17.8. The van der Waals surface area contributed by atoms with Gasteiger partial charge in [0.2, 0.25) is 5.91 Å². The summed E-state index contributed by atoms with van der Waals surface area (Å²) in [7, 11) is 0. The van der Waals surface area contributed by atoms with Crippen LogP contribution in [-0.2, 0) is 9.53 Å². The summed E-state index contributed by atoms with van der Waals surface area (Å²) in [5, 5.41) is 5.96. The lowest BCUT2D eigenvalue weighted by atomic mass is 10.0. The minimum absolute atomic E-state index is 0.126. The number of hydrogen-bond donors (Lipinski definition) is 1. The number of thiazole rings is 1. The van der Waals surface area contributed by atoms with Gasteiger partial charge in [0.15, 0.2) is 5.13 Å². The molecule has 2 amide bonds. The Morgan fingerprint density at radius 1 is 1.33 bits per heavy atom. The highest BCUT2D eigenvalue weighted by Gasteiger charge is 2.28. The first kappa shape index (κ1) is 20.4. The summed E-state index contributed by atoms with van der Waals surface area (Å²) < 4.78 is 5.94.